The highest BCUT2D eigenvalue weighted by atomic mass is 19.1. The lowest BCUT2D eigenvalue weighted by atomic mass is 10.1. The zero-order valence-electron chi connectivity index (χ0n) is 18.3. The van der Waals surface area contributed by atoms with Gasteiger partial charge in [0.25, 0.3) is 0 Å². The third-order valence-electron chi connectivity index (χ3n) is 5.16. The number of alkyl halides is 1. The first-order valence-electron chi connectivity index (χ1n) is 11.0. The number of ether oxygens (including phenoxy) is 2. The molecule has 0 aliphatic rings. The van der Waals surface area contributed by atoms with E-state index in [0.717, 1.165) is 36.8 Å². The molecule has 168 valence electrons. The Balaban J connectivity index is 1.48. The van der Waals surface area contributed by atoms with E-state index in [1.807, 2.05) is 24.3 Å². The Morgan fingerprint density at radius 2 is 1.44 bits per heavy atom. The Bertz CT molecular complexity index is 966. The Hall–Kier alpha value is -3.34. The summed E-state index contributed by atoms with van der Waals surface area (Å²) < 4.78 is 24.8. The van der Waals surface area contributed by atoms with Gasteiger partial charge in [0, 0.05) is 0 Å². The first-order valence-corrected chi connectivity index (χ1v) is 11.0. The summed E-state index contributed by atoms with van der Waals surface area (Å²) in [5.74, 6) is 0.688. The average molecular weight is 437 g/mol. The number of phenolic OH excluding ortho intramolecular Hbond substituents is 1. The summed E-state index contributed by atoms with van der Waals surface area (Å²) in [5.41, 5.74) is 2.28. The largest absolute Gasteiger partial charge is 0.508 e. The molecule has 32 heavy (non-hydrogen) atoms. The van der Waals surface area contributed by atoms with Gasteiger partial charge in [-0.2, -0.15) is 0 Å². The first-order chi connectivity index (χ1) is 15.5. The van der Waals surface area contributed by atoms with Gasteiger partial charge in [0.05, 0.1) is 5.56 Å². The second-order valence-corrected chi connectivity index (χ2v) is 7.74. The van der Waals surface area contributed by atoms with Crippen LogP contribution in [0.15, 0.2) is 72.8 Å². The number of unbranched alkanes of at least 4 members (excludes halogenated alkanes) is 3. The second kappa shape index (κ2) is 11.9. The molecule has 0 bridgehead atoms. The molecule has 3 rings (SSSR count). The van der Waals surface area contributed by atoms with Gasteiger partial charge in [-0.05, 0) is 66.1 Å². The third kappa shape index (κ3) is 7.12. The molecule has 5 heteroatoms. The molecule has 0 aromatic heterocycles. The maximum atomic E-state index is 13.9. The normalized spacial score (nSPS) is 11.7. The molecule has 4 nitrogen and oxygen atoms in total. The number of halogens is 1. The minimum absolute atomic E-state index is 0.0172. The van der Waals surface area contributed by atoms with Crippen LogP contribution in [-0.2, 0) is 0 Å². The predicted octanol–water partition coefficient (Wildman–Crippen LogP) is 6.97. The van der Waals surface area contributed by atoms with E-state index in [1.165, 1.54) is 0 Å². The Kier molecular flexibility index (Phi) is 8.67. The molecule has 0 saturated carbocycles. The minimum atomic E-state index is -0.985. The van der Waals surface area contributed by atoms with Crippen LogP contribution in [0.1, 0.15) is 49.4 Å². The van der Waals surface area contributed by atoms with Crippen molar-refractivity contribution >= 4 is 5.97 Å². The van der Waals surface area contributed by atoms with Crippen molar-refractivity contribution in [2.45, 2.75) is 45.2 Å². The molecule has 0 spiro atoms. The van der Waals surface area contributed by atoms with Crippen molar-refractivity contribution in [1.29, 1.82) is 0 Å². The average Bonchev–Trinajstić information content (AvgIpc) is 2.82. The summed E-state index contributed by atoms with van der Waals surface area (Å²) >= 11 is 0. The molecule has 0 unspecified atom stereocenters. The maximum Gasteiger partial charge on any atom is 0.343 e. The summed E-state index contributed by atoms with van der Waals surface area (Å²) in [4.78, 5) is 12.4. The maximum absolute atomic E-state index is 13.9. The fourth-order valence-electron chi connectivity index (χ4n) is 3.29. The van der Waals surface area contributed by atoms with Crippen molar-refractivity contribution in [3.63, 3.8) is 0 Å². The van der Waals surface area contributed by atoms with Crippen LogP contribution in [0.3, 0.4) is 0 Å². The van der Waals surface area contributed by atoms with Gasteiger partial charge >= 0.3 is 5.97 Å². The van der Waals surface area contributed by atoms with Gasteiger partial charge in [0.1, 0.15) is 30.0 Å². The molecule has 3 aromatic rings. The fraction of sp³-hybridized carbons (Fsp3) is 0.296. The zero-order valence-corrected chi connectivity index (χ0v) is 18.3. The summed E-state index contributed by atoms with van der Waals surface area (Å²) in [6.07, 6.45) is 3.71. The Morgan fingerprint density at radius 3 is 2.06 bits per heavy atom. The van der Waals surface area contributed by atoms with Crippen LogP contribution in [0, 0.1) is 0 Å². The summed E-state index contributed by atoms with van der Waals surface area (Å²) in [5, 5.41) is 9.39. The smallest absolute Gasteiger partial charge is 0.343 e. The number of rotatable bonds is 11. The second-order valence-electron chi connectivity index (χ2n) is 7.74. The monoisotopic (exact) mass is 436 g/mol. The number of aromatic hydroxyl groups is 1. The molecule has 0 heterocycles. The molecule has 1 N–H and O–H groups in total. The summed E-state index contributed by atoms with van der Waals surface area (Å²) in [7, 11) is 0. The molecule has 0 amide bonds. The molecule has 3 aromatic carbocycles. The van der Waals surface area contributed by atoms with Gasteiger partial charge in [0.15, 0.2) is 0 Å². The number of esters is 1. The molecule has 1 atom stereocenters. The lowest BCUT2D eigenvalue weighted by Crippen LogP contribution is -2.13. The van der Waals surface area contributed by atoms with Crippen molar-refractivity contribution in [3.05, 3.63) is 78.4 Å². The topological polar surface area (TPSA) is 55.8 Å². The quantitative estimate of drug-likeness (QED) is 0.200. The first kappa shape index (κ1) is 23.3. The van der Waals surface area contributed by atoms with Gasteiger partial charge in [-0.1, -0.05) is 56.9 Å². The van der Waals surface area contributed by atoms with Gasteiger partial charge in [-0.3, -0.25) is 0 Å². The SMILES string of the molecule is CCCCCC[C@H](F)COc1ccc(C(=O)Oc2ccc(-c3ccc(O)cc3)cc2)cc1. The van der Waals surface area contributed by atoms with Crippen LogP contribution in [0.4, 0.5) is 4.39 Å². The van der Waals surface area contributed by atoms with E-state index >= 15 is 0 Å². The van der Waals surface area contributed by atoms with Crippen LogP contribution in [0.2, 0.25) is 0 Å². The van der Waals surface area contributed by atoms with E-state index in [0.29, 0.717) is 23.5 Å². The van der Waals surface area contributed by atoms with Crippen LogP contribution in [0.25, 0.3) is 11.1 Å². The highest BCUT2D eigenvalue weighted by Crippen LogP contribution is 2.25. The lowest BCUT2D eigenvalue weighted by molar-refractivity contribution is 0.0734. The van der Waals surface area contributed by atoms with Crippen molar-refractivity contribution < 1.29 is 23.8 Å². The lowest BCUT2D eigenvalue weighted by Gasteiger charge is -2.11. The van der Waals surface area contributed by atoms with Crippen molar-refractivity contribution in [2.24, 2.45) is 0 Å². The van der Waals surface area contributed by atoms with Crippen LogP contribution >= 0.6 is 0 Å². The van der Waals surface area contributed by atoms with Crippen LogP contribution in [0.5, 0.6) is 17.2 Å². The molecule has 0 saturated heterocycles. The van der Waals surface area contributed by atoms with Gasteiger partial charge < -0.3 is 14.6 Å². The van der Waals surface area contributed by atoms with Crippen LogP contribution < -0.4 is 9.47 Å². The number of carbonyl (C=O) groups is 1. The molecular weight excluding hydrogens is 407 g/mol. The van der Waals surface area contributed by atoms with Crippen molar-refractivity contribution in [3.8, 4) is 28.4 Å². The fourth-order valence-corrected chi connectivity index (χ4v) is 3.29. The number of benzene rings is 3. The van der Waals surface area contributed by atoms with Gasteiger partial charge in [-0.15, -0.1) is 0 Å². The van der Waals surface area contributed by atoms with Crippen LogP contribution in [-0.4, -0.2) is 23.9 Å². The summed E-state index contributed by atoms with van der Waals surface area (Å²) in [6, 6.07) is 20.5. The van der Waals surface area contributed by atoms with E-state index in [9.17, 15) is 14.3 Å². The minimum Gasteiger partial charge on any atom is -0.508 e. The molecular formula is C27H29FO4. The number of carbonyl (C=O) groups excluding carboxylic acids is 1. The Morgan fingerprint density at radius 1 is 0.844 bits per heavy atom. The van der Waals surface area contributed by atoms with Crippen molar-refractivity contribution in [2.75, 3.05) is 6.61 Å². The highest BCUT2D eigenvalue weighted by Gasteiger charge is 2.11. The number of hydrogen-bond acceptors (Lipinski definition) is 4. The van der Waals surface area contributed by atoms with Gasteiger partial charge in [0.2, 0.25) is 0 Å². The van der Waals surface area contributed by atoms with E-state index in [4.69, 9.17) is 9.47 Å². The van der Waals surface area contributed by atoms with Gasteiger partial charge in [-0.25, -0.2) is 9.18 Å². The molecule has 0 aliphatic heterocycles. The summed E-state index contributed by atoms with van der Waals surface area (Å²) in [6.45, 7) is 2.15. The Labute approximate surface area is 188 Å². The molecule has 0 fully saturated rings. The van der Waals surface area contributed by atoms with E-state index in [1.54, 1.807) is 48.5 Å². The number of hydrogen-bond donors (Lipinski definition) is 1. The highest BCUT2D eigenvalue weighted by molar-refractivity contribution is 5.91. The molecule has 0 aliphatic carbocycles. The van der Waals surface area contributed by atoms with E-state index in [2.05, 4.69) is 6.92 Å². The third-order valence-corrected chi connectivity index (χ3v) is 5.16. The number of phenols is 1. The zero-order chi connectivity index (χ0) is 22.8. The van der Waals surface area contributed by atoms with E-state index in [-0.39, 0.29) is 12.4 Å². The standard InChI is InChI=1S/C27H29FO4/c1-2-3-4-5-6-23(28)19-31-25-15-11-22(12-16-25)27(30)32-26-17-9-21(10-18-26)20-7-13-24(29)14-8-20/h7-18,23,29H,2-6,19H2,1H3/t23-/m0/s1. The van der Waals surface area contributed by atoms with E-state index < -0.39 is 12.1 Å². The predicted molar refractivity (Wildman–Crippen MR) is 124 cm³/mol. The molecule has 0 radical (unpaired) electrons. The van der Waals surface area contributed by atoms with Crippen molar-refractivity contribution in [1.82, 2.24) is 0 Å².